The van der Waals surface area contributed by atoms with Crippen molar-refractivity contribution in [2.24, 2.45) is 0 Å². The van der Waals surface area contributed by atoms with Crippen molar-refractivity contribution in [1.82, 2.24) is 9.97 Å². The largest absolute Gasteiger partial charge is 0.383 e. The molecule has 0 aliphatic carbocycles. The summed E-state index contributed by atoms with van der Waals surface area (Å²) in [5.41, 5.74) is 11.7. The molecule has 0 fully saturated rings. The van der Waals surface area contributed by atoms with Crippen molar-refractivity contribution in [3.8, 4) is 39.7 Å². The molecular weight excluding hydrogens is 332 g/mol. The number of nitrogens with zero attached hydrogens (tertiary/aromatic N) is 3. The molecule has 2 aromatic carbocycles. The van der Waals surface area contributed by atoms with Crippen molar-refractivity contribution in [3.05, 3.63) is 90.6 Å². The number of anilines is 1. The lowest BCUT2D eigenvalue weighted by Crippen LogP contribution is -2.00. The number of nitriles is 1. The van der Waals surface area contributed by atoms with Gasteiger partial charge in [-0.05, 0) is 34.9 Å². The Morgan fingerprint density at radius 3 is 2.07 bits per heavy atom. The lowest BCUT2D eigenvalue weighted by Gasteiger charge is -2.10. The lowest BCUT2D eigenvalue weighted by atomic mass is 9.97. The third kappa shape index (κ3) is 3.26. The van der Waals surface area contributed by atoms with Crippen LogP contribution in [0.3, 0.4) is 0 Å². The van der Waals surface area contributed by atoms with Crippen molar-refractivity contribution in [1.29, 1.82) is 5.26 Å². The van der Waals surface area contributed by atoms with Gasteiger partial charge in [0.15, 0.2) is 0 Å². The predicted octanol–water partition coefficient (Wildman–Crippen LogP) is 4.93. The predicted molar refractivity (Wildman–Crippen MR) is 107 cm³/mol. The quantitative estimate of drug-likeness (QED) is 0.569. The average molecular weight is 348 g/mol. The second-order valence-corrected chi connectivity index (χ2v) is 6.09. The maximum Gasteiger partial charge on any atom is 0.142 e. The Balaban J connectivity index is 1.81. The van der Waals surface area contributed by atoms with Gasteiger partial charge in [-0.15, -0.1) is 0 Å². The maximum absolute atomic E-state index is 9.57. The van der Waals surface area contributed by atoms with Gasteiger partial charge in [-0.25, -0.2) is 4.98 Å². The number of pyridine rings is 2. The Bertz CT molecular complexity index is 1110. The van der Waals surface area contributed by atoms with E-state index in [4.69, 9.17) is 5.73 Å². The van der Waals surface area contributed by atoms with Crippen molar-refractivity contribution in [2.75, 3.05) is 5.73 Å². The first-order chi connectivity index (χ1) is 13.3. The number of hydrogen-bond donors (Lipinski definition) is 1. The molecule has 2 aromatic heterocycles. The van der Waals surface area contributed by atoms with Gasteiger partial charge < -0.3 is 5.73 Å². The van der Waals surface area contributed by atoms with Crippen LogP contribution in [0.15, 0.2) is 85.1 Å². The minimum absolute atomic E-state index is 0.211. The minimum atomic E-state index is 0.211. The number of aromatic nitrogens is 2. The number of nitrogens with two attached hydrogens (primary N) is 1. The molecule has 27 heavy (non-hydrogen) atoms. The number of rotatable bonds is 3. The van der Waals surface area contributed by atoms with Gasteiger partial charge in [-0.1, -0.05) is 60.7 Å². The van der Waals surface area contributed by atoms with E-state index in [0.717, 1.165) is 27.9 Å². The molecule has 2 heterocycles. The Hall–Kier alpha value is -3.97. The molecule has 0 radical (unpaired) electrons. The molecule has 4 rings (SSSR count). The Kier molecular flexibility index (Phi) is 4.34. The van der Waals surface area contributed by atoms with Crippen LogP contribution in [0.25, 0.3) is 33.6 Å². The first-order valence-electron chi connectivity index (χ1n) is 8.54. The summed E-state index contributed by atoms with van der Waals surface area (Å²) in [6.45, 7) is 0. The van der Waals surface area contributed by atoms with E-state index in [1.807, 2.05) is 66.7 Å². The monoisotopic (exact) mass is 348 g/mol. The summed E-state index contributed by atoms with van der Waals surface area (Å²) in [6.07, 6.45) is 1.71. The van der Waals surface area contributed by atoms with Crippen LogP contribution in [0.4, 0.5) is 5.82 Å². The first-order valence-corrected chi connectivity index (χ1v) is 8.54. The topological polar surface area (TPSA) is 75.6 Å². The second kappa shape index (κ2) is 7.11. The molecule has 0 bridgehead atoms. The standard InChI is InChI=1S/C23H16N4/c24-15-20-19(14-22(27-23(20)25)21-8-4-5-13-26-21)18-11-9-17(10-12-18)16-6-2-1-3-7-16/h1-14H,(H2,25,27). The normalized spacial score (nSPS) is 10.3. The van der Waals surface area contributed by atoms with Gasteiger partial charge in [-0.3, -0.25) is 4.98 Å². The molecule has 0 aliphatic rings. The van der Waals surface area contributed by atoms with Gasteiger partial charge in [0, 0.05) is 11.8 Å². The third-order valence-electron chi connectivity index (χ3n) is 4.39. The molecule has 0 spiro atoms. The molecule has 0 saturated carbocycles. The SMILES string of the molecule is N#Cc1c(-c2ccc(-c3ccccc3)cc2)cc(-c2ccccn2)nc1N. The molecule has 4 nitrogen and oxygen atoms in total. The van der Waals surface area contributed by atoms with Crippen molar-refractivity contribution >= 4 is 5.82 Å². The molecule has 2 N–H and O–H groups in total. The van der Waals surface area contributed by atoms with E-state index >= 15 is 0 Å². The van der Waals surface area contributed by atoms with Crippen LogP contribution in [0.1, 0.15) is 5.56 Å². The Morgan fingerprint density at radius 1 is 0.741 bits per heavy atom. The zero-order chi connectivity index (χ0) is 18.6. The molecule has 4 aromatic rings. The van der Waals surface area contributed by atoms with Gasteiger partial charge in [0.25, 0.3) is 0 Å². The maximum atomic E-state index is 9.57. The fourth-order valence-electron chi connectivity index (χ4n) is 3.03. The summed E-state index contributed by atoms with van der Waals surface area (Å²) in [7, 11) is 0. The van der Waals surface area contributed by atoms with Crippen LogP contribution in [0.5, 0.6) is 0 Å². The zero-order valence-electron chi connectivity index (χ0n) is 14.5. The van der Waals surface area contributed by atoms with Crippen LogP contribution in [0, 0.1) is 11.3 Å². The highest BCUT2D eigenvalue weighted by molar-refractivity contribution is 5.80. The fourth-order valence-corrected chi connectivity index (χ4v) is 3.03. The van der Waals surface area contributed by atoms with Gasteiger partial charge in [0.2, 0.25) is 0 Å². The summed E-state index contributed by atoms with van der Waals surface area (Å²) in [6, 6.07) is 27.9. The number of nitrogen functional groups attached to an aromatic ring is 1. The van der Waals surface area contributed by atoms with Crippen molar-refractivity contribution < 1.29 is 0 Å². The van der Waals surface area contributed by atoms with Gasteiger partial charge in [0.05, 0.1) is 11.4 Å². The molecule has 0 unspecified atom stereocenters. The van der Waals surface area contributed by atoms with Crippen molar-refractivity contribution in [2.45, 2.75) is 0 Å². The van der Waals surface area contributed by atoms with E-state index in [2.05, 4.69) is 28.2 Å². The van der Waals surface area contributed by atoms with Crippen LogP contribution >= 0.6 is 0 Å². The average Bonchev–Trinajstić information content (AvgIpc) is 2.74. The Labute approximate surface area is 157 Å². The van der Waals surface area contributed by atoms with Crippen LogP contribution in [0.2, 0.25) is 0 Å². The Morgan fingerprint density at radius 2 is 1.41 bits per heavy atom. The highest BCUT2D eigenvalue weighted by Crippen LogP contribution is 2.32. The van der Waals surface area contributed by atoms with Crippen LogP contribution in [-0.2, 0) is 0 Å². The summed E-state index contributed by atoms with van der Waals surface area (Å²) >= 11 is 0. The minimum Gasteiger partial charge on any atom is -0.383 e. The van der Waals surface area contributed by atoms with Crippen molar-refractivity contribution in [3.63, 3.8) is 0 Å². The van der Waals surface area contributed by atoms with E-state index in [9.17, 15) is 5.26 Å². The second-order valence-electron chi connectivity index (χ2n) is 6.09. The summed E-state index contributed by atoms with van der Waals surface area (Å²) < 4.78 is 0. The molecule has 0 atom stereocenters. The van der Waals surface area contributed by atoms with E-state index in [1.165, 1.54) is 0 Å². The van der Waals surface area contributed by atoms with Crippen LogP contribution in [-0.4, -0.2) is 9.97 Å². The van der Waals surface area contributed by atoms with Gasteiger partial charge >= 0.3 is 0 Å². The number of hydrogen-bond acceptors (Lipinski definition) is 4. The lowest BCUT2D eigenvalue weighted by molar-refractivity contribution is 1.24. The van der Waals surface area contributed by atoms with Crippen LogP contribution < -0.4 is 5.73 Å². The van der Waals surface area contributed by atoms with Gasteiger partial charge in [0.1, 0.15) is 17.5 Å². The summed E-state index contributed by atoms with van der Waals surface area (Å²) in [5, 5.41) is 9.57. The molecule has 4 heteroatoms. The van der Waals surface area contributed by atoms with E-state index in [-0.39, 0.29) is 5.82 Å². The van der Waals surface area contributed by atoms with E-state index in [0.29, 0.717) is 11.3 Å². The smallest absolute Gasteiger partial charge is 0.142 e. The highest BCUT2D eigenvalue weighted by Gasteiger charge is 2.14. The van der Waals surface area contributed by atoms with Gasteiger partial charge in [-0.2, -0.15) is 5.26 Å². The van der Waals surface area contributed by atoms with E-state index in [1.54, 1.807) is 6.20 Å². The molecule has 0 amide bonds. The molecule has 0 saturated heterocycles. The molecular formula is C23H16N4. The summed E-state index contributed by atoms with van der Waals surface area (Å²) in [4.78, 5) is 8.69. The highest BCUT2D eigenvalue weighted by atomic mass is 14.9. The summed E-state index contributed by atoms with van der Waals surface area (Å²) in [5.74, 6) is 0.211. The fraction of sp³-hybridized carbons (Fsp3) is 0. The molecule has 0 aliphatic heterocycles. The molecule has 128 valence electrons. The zero-order valence-corrected chi connectivity index (χ0v) is 14.5. The number of benzene rings is 2. The first kappa shape index (κ1) is 16.5. The third-order valence-corrected chi connectivity index (χ3v) is 4.39. The van der Waals surface area contributed by atoms with E-state index < -0.39 is 0 Å².